The van der Waals surface area contributed by atoms with Gasteiger partial charge in [-0.1, -0.05) is 0 Å². The largest absolute Gasteiger partial charge is 0.369 e. The Morgan fingerprint density at radius 3 is 2.93 bits per heavy atom. The summed E-state index contributed by atoms with van der Waals surface area (Å²) in [5.74, 6) is 1.41. The van der Waals surface area contributed by atoms with Crippen molar-refractivity contribution in [2.45, 2.75) is 6.92 Å². The minimum Gasteiger partial charge on any atom is -0.369 e. The lowest BCUT2D eigenvalue weighted by Crippen LogP contribution is -2.05. The number of nitrogens with zero attached hydrogens (tertiary/aromatic N) is 5. The molecular formula is C8H9BrN6. The van der Waals surface area contributed by atoms with Gasteiger partial charge in [0.05, 0.1) is 0 Å². The third-order valence-corrected chi connectivity index (χ3v) is 2.48. The van der Waals surface area contributed by atoms with Gasteiger partial charge in [0.1, 0.15) is 29.3 Å². The van der Waals surface area contributed by atoms with Gasteiger partial charge in [-0.05, 0) is 22.9 Å². The van der Waals surface area contributed by atoms with E-state index < -0.39 is 0 Å². The van der Waals surface area contributed by atoms with E-state index in [4.69, 9.17) is 0 Å². The van der Waals surface area contributed by atoms with Crippen LogP contribution in [0.15, 0.2) is 23.5 Å². The molecule has 0 bridgehead atoms. The molecule has 0 saturated heterocycles. The number of aromatic nitrogens is 5. The molecule has 0 atom stereocenters. The van der Waals surface area contributed by atoms with E-state index >= 15 is 0 Å². The number of halogens is 1. The first-order chi connectivity index (χ1) is 7.33. The highest BCUT2D eigenvalue weighted by molar-refractivity contribution is 9.10. The maximum atomic E-state index is 4.13. The van der Waals surface area contributed by atoms with E-state index in [1.807, 2.05) is 6.92 Å². The third kappa shape index (κ3) is 1.96. The number of hydrogen-bond donors (Lipinski definition) is 1. The maximum Gasteiger partial charge on any atom is 0.174 e. The van der Waals surface area contributed by atoms with E-state index in [2.05, 4.69) is 41.3 Å². The molecule has 0 saturated carbocycles. The average Bonchev–Trinajstić information content (AvgIpc) is 2.74. The van der Waals surface area contributed by atoms with Crippen LogP contribution in [0, 0.1) is 0 Å². The predicted octanol–water partition coefficient (Wildman–Crippen LogP) is 1.25. The van der Waals surface area contributed by atoms with Crippen LogP contribution < -0.4 is 5.32 Å². The van der Waals surface area contributed by atoms with E-state index in [9.17, 15) is 0 Å². The summed E-state index contributed by atoms with van der Waals surface area (Å²) in [6.07, 6.45) is 4.53. The lowest BCUT2D eigenvalue weighted by molar-refractivity contribution is 0.832. The van der Waals surface area contributed by atoms with Gasteiger partial charge in [0, 0.05) is 6.54 Å². The number of rotatable bonds is 3. The standard InChI is InChI=1S/C8H9BrN6/c1-2-11-7-6(9)8(13-4-12-7)15-5-10-3-14-15/h3-5H,2H2,1H3,(H,11,12,13). The van der Waals surface area contributed by atoms with Crippen LogP contribution in [0.2, 0.25) is 0 Å². The SMILES string of the molecule is CCNc1ncnc(-n2cncn2)c1Br. The van der Waals surface area contributed by atoms with Crippen LogP contribution in [0.1, 0.15) is 6.92 Å². The van der Waals surface area contributed by atoms with Crippen LogP contribution in [-0.2, 0) is 0 Å². The fourth-order valence-corrected chi connectivity index (χ4v) is 1.66. The van der Waals surface area contributed by atoms with Crippen molar-refractivity contribution >= 4 is 21.7 Å². The highest BCUT2D eigenvalue weighted by Crippen LogP contribution is 2.24. The smallest absolute Gasteiger partial charge is 0.174 e. The Morgan fingerprint density at radius 2 is 2.27 bits per heavy atom. The predicted molar refractivity (Wildman–Crippen MR) is 58.8 cm³/mol. The van der Waals surface area contributed by atoms with Gasteiger partial charge in [-0.3, -0.25) is 0 Å². The van der Waals surface area contributed by atoms with Crippen molar-refractivity contribution < 1.29 is 0 Å². The first-order valence-electron chi connectivity index (χ1n) is 4.42. The average molecular weight is 269 g/mol. The molecule has 0 aliphatic rings. The van der Waals surface area contributed by atoms with Crippen LogP contribution in [0.5, 0.6) is 0 Å². The Balaban J connectivity index is 2.45. The summed E-state index contributed by atoms with van der Waals surface area (Å²) in [5.41, 5.74) is 0. The van der Waals surface area contributed by atoms with Crippen molar-refractivity contribution in [3.63, 3.8) is 0 Å². The molecule has 0 amide bonds. The normalized spacial score (nSPS) is 10.3. The molecule has 15 heavy (non-hydrogen) atoms. The lowest BCUT2D eigenvalue weighted by atomic mass is 10.5. The zero-order valence-electron chi connectivity index (χ0n) is 8.05. The molecule has 2 aromatic heterocycles. The molecule has 0 radical (unpaired) electrons. The van der Waals surface area contributed by atoms with Crippen LogP contribution >= 0.6 is 15.9 Å². The van der Waals surface area contributed by atoms with Crippen molar-refractivity contribution in [3.8, 4) is 5.82 Å². The fourth-order valence-electron chi connectivity index (χ4n) is 1.13. The molecule has 2 rings (SSSR count). The minimum atomic E-state index is 0.665. The van der Waals surface area contributed by atoms with Gasteiger partial charge in [-0.15, -0.1) is 0 Å². The van der Waals surface area contributed by atoms with Gasteiger partial charge in [0.2, 0.25) is 0 Å². The first-order valence-corrected chi connectivity index (χ1v) is 5.21. The Morgan fingerprint density at radius 1 is 1.40 bits per heavy atom. The zero-order valence-corrected chi connectivity index (χ0v) is 9.64. The molecule has 6 nitrogen and oxygen atoms in total. The van der Waals surface area contributed by atoms with Crippen LogP contribution in [-0.4, -0.2) is 31.3 Å². The summed E-state index contributed by atoms with van der Waals surface area (Å²) in [6.45, 7) is 2.80. The van der Waals surface area contributed by atoms with Crippen LogP contribution in [0.4, 0.5) is 5.82 Å². The highest BCUT2D eigenvalue weighted by Gasteiger charge is 2.09. The molecule has 2 aromatic rings. The van der Waals surface area contributed by atoms with Crippen molar-refractivity contribution in [2.24, 2.45) is 0 Å². The molecular weight excluding hydrogens is 260 g/mol. The molecule has 1 N–H and O–H groups in total. The van der Waals surface area contributed by atoms with Crippen LogP contribution in [0.25, 0.3) is 5.82 Å². The highest BCUT2D eigenvalue weighted by atomic mass is 79.9. The monoisotopic (exact) mass is 268 g/mol. The van der Waals surface area contributed by atoms with E-state index in [1.54, 1.807) is 11.0 Å². The fraction of sp³-hybridized carbons (Fsp3) is 0.250. The minimum absolute atomic E-state index is 0.665. The van der Waals surface area contributed by atoms with Crippen molar-refractivity contribution in [1.82, 2.24) is 24.7 Å². The Kier molecular flexibility index (Phi) is 2.91. The maximum absolute atomic E-state index is 4.13. The molecule has 78 valence electrons. The second-order valence-corrected chi connectivity index (χ2v) is 3.52. The molecule has 0 aliphatic heterocycles. The van der Waals surface area contributed by atoms with Crippen molar-refractivity contribution in [1.29, 1.82) is 0 Å². The van der Waals surface area contributed by atoms with Gasteiger partial charge in [-0.2, -0.15) is 5.10 Å². The van der Waals surface area contributed by atoms with Gasteiger partial charge >= 0.3 is 0 Å². The third-order valence-electron chi connectivity index (χ3n) is 1.75. The summed E-state index contributed by atoms with van der Waals surface area (Å²) < 4.78 is 2.35. The van der Waals surface area contributed by atoms with Gasteiger partial charge in [0.25, 0.3) is 0 Å². The first kappa shape index (κ1) is 10.0. The van der Waals surface area contributed by atoms with Crippen molar-refractivity contribution in [3.05, 3.63) is 23.5 Å². The lowest BCUT2D eigenvalue weighted by Gasteiger charge is -2.07. The zero-order chi connectivity index (χ0) is 10.7. The van der Waals surface area contributed by atoms with E-state index in [-0.39, 0.29) is 0 Å². The second kappa shape index (κ2) is 4.35. The summed E-state index contributed by atoms with van der Waals surface area (Å²) in [7, 11) is 0. The van der Waals surface area contributed by atoms with E-state index in [0.29, 0.717) is 5.82 Å². The summed E-state index contributed by atoms with van der Waals surface area (Å²) >= 11 is 3.43. The Labute approximate surface area is 94.9 Å². The molecule has 0 spiro atoms. The summed E-state index contributed by atoms with van der Waals surface area (Å²) in [4.78, 5) is 12.1. The van der Waals surface area contributed by atoms with Gasteiger partial charge < -0.3 is 5.32 Å². The topological polar surface area (TPSA) is 68.5 Å². The Hall–Kier alpha value is -1.50. The Bertz CT molecular complexity index is 440. The quantitative estimate of drug-likeness (QED) is 0.908. The molecule has 0 aromatic carbocycles. The molecule has 0 fully saturated rings. The molecule has 7 heteroatoms. The number of anilines is 1. The van der Waals surface area contributed by atoms with Crippen LogP contribution in [0.3, 0.4) is 0 Å². The van der Waals surface area contributed by atoms with Gasteiger partial charge in [-0.25, -0.2) is 19.6 Å². The molecule has 0 aliphatic carbocycles. The molecule has 2 heterocycles. The number of hydrogen-bond acceptors (Lipinski definition) is 5. The summed E-state index contributed by atoms with van der Waals surface area (Å²) in [5, 5.41) is 7.12. The van der Waals surface area contributed by atoms with Gasteiger partial charge in [0.15, 0.2) is 5.82 Å². The van der Waals surface area contributed by atoms with Crippen molar-refractivity contribution in [2.75, 3.05) is 11.9 Å². The van der Waals surface area contributed by atoms with E-state index in [1.165, 1.54) is 12.7 Å². The number of nitrogens with one attached hydrogen (secondary N) is 1. The van der Waals surface area contributed by atoms with E-state index in [0.717, 1.165) is 16.8 Å². The summed E-state index contributed by atoms with van der Waals surface area (Å²) in [6, 6.07) is 0. The molecule has 0 unspecified atom stereocenters. The second-order valence-electron chi connectivity index (χ2n) is 2.73.